The average Bonchev–Trinajstić information content (AvgIpc) is 3.23. The summed E-state index contributed by atoms with van der Waals surface area (Å²) < 4.78 is 42.1. The minimum Gasteiger partial charge on any atom is -0.318 e. The Kier molecular flexibility index (Phi) is 6.37. The van der Waals surface area contributed by atoms with E-state index in [1.807, 2.05) is 0 Å². The summed E-state index contributed by atoms with van der Waals surface area (Å²) in [4.78, 5) is 21.1. The highest BCUT2D eigenvalue weighted by Gasteiger charge is 2.23. The molecule has 0 aliphatic rings. The third-order valence-corrected chi connectivity index (χ3v) is 5.35. The molecule has 2 heterocycles. The van der Waals surface area contributed by atoms with Crippen LogP contribution in [0.25, 0.3) is 5.69 Å². The van der Waals surface area contributed by atoms with Gasteiger partial charge in [0.1, 0.15) is 0 Å². The Balaban J connectivity index is 1.68. The highest BCUT2D eigenvalue weighted by molar-refractivity contribution is 7.98. The highest BCUT2D eigenvalue weighted by atomic mass is 35.5. The fourth-order valence-electron chi connectivity index (χ4n) is 2.69. The first-order valence-corrected chi connectivity index (χ1v) is 10.4. The summed E-state index contributed by atoms with van der Waals surface area (Å²) in [6, 6.07) is 9.95. The van der Waals surface area contributed by atoms with Crippen LogP contribution in [0.5, 0.6) is 0 Å². The summed E-state index contributed by atoms with van der Waals surface area (Å²) >= 11 is 7.16. The van der Waals surface area contributed by atoms with E-state index >= 15 is 0 Å². The summed E-state index contributed by atoms with van der Waals surface area (Å²) in [5.41, 5.74) is 0.266. The van der Waals surface area contributed by atoms with Crippen molar-refractivity contribution in [1.82, 2.24) is 25.0 Å². The van der Waals surface area contributed by atoms with Gasteiger partial charge in [0.05, 0.1) is 17.1 Å². The maximum atomic E-state index is 14.0. The Morgan fingerprint density at radius 1 is 1.03 bits per heavy atom. The molecule has 2 aromatic heterocycles. The van der Waals surface area contributed by atoms with E-state index in [-0.39, 0.29) is 11.4 Å². The van der Waals surface area contributed by atoms with E-state index in [9.17, 15) is 18.0 Å². The first-order chi connectivity index (χ1) is 15.4. The Labute approximate surface area is 188 Å². The molecular weight excluding hydrogens is 465 g/mol. The molecule has 32 heavy (non-hydrogen) atoms. The number of rotatable bonds is 6. The number of nitrogens with zero attached hydrogens (tertiary/aromatic N) is 5. The predicted octanol–water partition coefficient (Wildman–Crippen LogP) is 4.67. The van der Waals surface area contributed by atoms with Gasteiger partial charge in [-0.1, -0.05) is 28.6 Å². The minimum atomic E-state index is -1.69. The van der Waals surface area contributed by atoms with Gasteiger partial charge in [-0.15, -0.1) is 5.10 Å². The predicted molar refractivity (Wildman–Crippen MR) is 112 cm³/mol. The number of hydrogen-bond acceptors (Lipinski definition) is 6. The van der Waals surface area contributed by atoms with Crippen molar-refractivity contribution >= 4 is 35.0 Å². The fraction of sp³-hybridized carbons (Fsp3) is 0.0500. The average molecular weight is 477 g/mol. The van der Waals surface area contributed by atoms with E-state index in [4.69, 9.17) is 11.6 Å². The molecule has 2 aromatic carbocycles. The van der Waals surface area contributed by atoms with Crippen LogP contribution in [0.4, 0.5) is 18.9 Å². The second-order valence-corrected chi connectivity index (χ2v) is 7.65. The molecule has 0 radical (unpaired) electrons. The Hall–Kier alpha value is -3.44. The van der Waals surface area contributed by atoms with Gasteiger partial charge in [0, 0.05) is 23.2 Å². The fourth-order valence-corrected chi connectivity index (χ4v) is 3.62. The van der Waals surface area contributed by atoms with Gasteiger partial charge in [-0.05, 0) is 42.5 Å². The zero-order valence-corrected chi connectivity index (χ0v) is 17.5. The number of benzene rings is 2. The van der Waals surface area contributed by atoms with Crippen LogP contribution in [0.15, 0.2) is 60.0 Å². The van der Waals surface area contributed by atoms with Crippen molar-refractivity contribution in [3.63, 3.8) is 0 Å². The molecule has 4 rings (SSSR count). The zero-order chi connectivity index (χ0) is 22.7. The standard InChI is InChI=1S/C20H12ClF3N6OS/c21-11-2-4-12(5-3-11)30-15(10-32-20-25-8-1-9-26-20)18(28-29-30)19(31)27-14-7-6-13(22)16(23)17(14)24/h1-9H,10H2,(H,27,31). The molecule has 0 saturated heterocycles. The zero-order valence-electron chi connectivity index (χ0n) is 16.0. The largest absolute Gasteiger partial charge is 0.318 e. The number of thioether (sulfide) groups is 1. The van der Waals surface area contributed by atoms with E-state index in [1.165, 1.54) is 16.4 Å². The van der Waals surface area contributed by atoms with Gasteiger partial charge >= 0.3 is 0 Å². The Morgan fingerprint density at radius 3 is 2.47 bits per heavy atom. The van der Waals surface area contributed by atoms with Crippen LogP contribution in [-0.4, -0.2) is 30.9 Å². The molecule has 0 spiro atoms. The first kappa shape index (κ1) is 21.8. The molecule has 0 atom stereocenters. The van der Waals surface area contributed by atoms with Crippen molar-refractivity contribution < 1.29 is 18.0 Å². The lowest BCUT2D eigenvalue weighted by molar-refractivity contribution is 0.102. The summed E-state index contributed by atoms with van der Waals surface area (Å²) in [6.07, 6.45) is 3.15. The maximum Gasteiger partial charge on any atom is 0.278 e. The van der Waals surface area contributed by atoms with E-state index in [2.05, 4.69) is 25.6 Å². The molecule has 4 aromatic rings. The molecule has 0 aliphatic carbocycles. The summed E-state index contributed by atoms with van der Waals surface area (Å²) in [7, 11) is 0. The Bertz CT molecular complexity index is 1270. The number of amides is 1. The van der Waals surface area contributed by atoms with Crippen LogP contribution >= 0.6 is 23.4 Å². The van der Waals surface area contributed by atoms with Gasteiger partial charge < -0.3 is 5.32 Å². The van der Waals surface area contributed by atoms with Crippen LogP contribution in [0.2, 0.25) is 5.02 Å². The third kappa shape index (κ3) is 4.58. The van der Waals surface area contributed by atoms with Gasteiger partial charge in [-0.3, -0.25) is 4.79 Å². The van der Waals surface area contributed by atoms with Crippen molar-refractivity contribution in [3.8, 4) is 5.69 Å². The van der Waals surface area contributed by atoms with Crippen molar-refractivity contribution in [3.05, 3.63) is 88.7 Å². The number of carbonyl (C=O) groups excluding carboxylic acids is 1. The van der Waals surface area contributed by atoms with Gasteiger partial charge in [0.2, 0.25) is 0 Å². The van der Waals surface area contributed by atoms with Crippen LogP contribution < -0.4 is 5.32 Å². The summed E-state index contributed by atoms with van der Waals surface area (Å²) in [5.74, 6) is -5.24. The Morgan fingerprint density at radius 2 is 1.75 bits per heavy atom. The van der Waals surface area contributed by atoms with Crippen molar-refractivity contribution in [2.75, 3.05) is 5.32 Å². The van der Waals surface area contributed by atoms with E-state index in [1.54, 1.807) is 42.7 Å². The van der Waals surface area contributed by atoms with Crippen molar-refractivity contribution in [1.29, 1.82) is 0 Å². The van der Waals surface area contributed by atoms with Gasteiger partial charge in [0.25, 0.3) is 5.91 Å². The normalized spacial score (nSPS) is 10.9. The highest BCUT2D eigenvalue weighted by Crippen LogP contribution is 2.25. The van der Waals surface area contributed by atoms with Gasteiger partial charge in [-0.25, -0.2) is 27.8 Å². The number of anilines is 1. The molecule has 1 N–H and O–H groups in total. The van der Waals surface area contributed by atoms with Crippen LogP contribution in [-0.2, 0) is 5.75 Å². The van der Waals surface area contributed by atoms with E-state index in [0.29, 0.717) is 27.6 Å². The van der Waals surface area contributed by atoms with Crippen molar-refractivity contribution in [2.24, 2.45) is 0 Å². The smallest absolute Gasteiger partial charge is 0.278 e. The van der Waals surface area contributed by atoms with Crippen molar-refractivity contribution in [2.45, 2.75) is 10.9 Å². The molecule has 1 amide bonds. The molecular formula is C20H12ClF3N6OS. The van der Waals surface area contributed by atoms with Crippen LogP contribution in [0.1, 0.15) is 16.2 Å². The molecule has 0 saturated carbocycles. The SMILES string of the molecule is O=C(Nc1ccc(F)c(F)c1F)c1nnn(-c2ccc(Cl)cc2)c1CSc1ncccn1. The van der Waals surface area contributed by atoms with E-state index < -0.39 is 29.0 Å². The number of aromatic nitrogens is 5. The molecule has 162 valence electrons. The minimum absolute atomic E-state index is 0.132. The van der Waals surface area contributed by atoms with Crippen LogP contribution in [0, 0.1) is 17.5 Å². The first-order valence-electron chi connectivity index (χ1n) is 8.99. The molecule has 0 bridgehead atoms. The van der Waals surface area contributed by atoms with Crippen LogP contribution in [0.3, 0.4) is 0 Å². The quantitative estimate of drug-likeness (QED) is 0.247. The maximum absolute atomic E-state index is 14.0. The lowest BCUT2D eigenvalue weighted by atomic mass is 10.2. The van der Waals surface area contributed by atoms with Gasteiger partial charge in [0.15, 0.2) is 28.3 Å². The molecule has 12 heteroatoms. The number of carbonyl (C=O) groups is 1. The number of halogens is 4. The molecule has 0 unspecified atom stereocenters. The number of hydrogen-bond donors (Lipinski definition) is 1. The number of nitrogens with one attached hydrogen (secondary N) is 1. The second-order valence-electron chi connectivity index (χ2n) is 6.27. The van der Waals surface area contributed by atoms with Gasteiger partial charge in [-0.2, -0.15) is 0 Å². The van der Waals surface area contributed by atoms with E-state index in [0.717, 1.165) is 6.07 Å². The second kappa shape index (κ2) is 9.37. The third-order valence-electron chi connectivity index (χ3n) is 4.21. The monoisotopic (exact) mass is 476 g/mol. The molecule has 7 nitrogen and oxygen atoms in total. The molecule has 0 aliphatic heterocycles. The summed E-state index contributed by atoms with van der Waals surface area (Å²) in [5, 5.41) is 11.1. The lowest BCUT2D eigenvalue weighted by Gasteiger charge is -2.09. The lowest BCUT2D eigenvalue weighted by Crippen LogP contribution is -2.17. The summed E-state index contributed by atoms with van der Waals surface area (Å²) in [6.45, 7) is 0. The topological polar surface area (TPSA) is 85.6 Å². The molecule has 0 fully saturated rings.